The van der Waals surface area contributed by atoms with Crippen molar-refractivity contribution in [2.24, 2.45) is 0 Å². The van der Waals surface area contributed by atoms with Crippen LogP contribution in [0.1, 0.15) is 6.92 Å². The summed E-state index contributed by atoms with van der Waals surface area (Å²) in [5, 5.41) is 0. The highest BCUT2D eigenvalue weighted by molar-refractivity contribution is 6.17. The molecule has 1 saturated heterocycles. The first-order valence-electron chi connectivity index (χ1n) is 4.82. The van der Waals surface area contributed by atoms with E-state index in [2.05, 4.69) is 0 Å². The minimum atomic E-state index is -0.713. The molecule has 0 bridgehead atoms. The number of hydrogen-bond acceptors (Lipinski definition) is 4. The number of carbonyl (C=O) groups is 2. The van der Waals surface area contributed by atoms with Crippen molar-refractivity contribution in [1.29, 1.82) is 0 Å². The first-order chi connectivity index (χ1) is 7.63. The van der Waals surface area contributed by atoms with Crippen molar-refractivity contribution in [3.63, 3.8) is 0 Å². The molecular weight excluding hydrogens is 210 g/mol. The predicted octanol–water partition coefficient (Wildman–Crippen LogP) is 1.57. The fourth-order valence-corrected chi connectivity index (χ4v) is 1.49. The van der Waals surface area contributed by atoms with E-state index in [-0.39, 0.29) is 5.91 Å². The fourth-order valence-electron chi connectivity index (χ4n) is 1.49. The maximum Gasteiger partial charge on any atom is 0.422 e. The lowest BCUT2D eigenvalue weighted by molar-refractivity contribution is -0.121. The van der Waals surface area contributed by atoms with Crippen molar-refractivity contribution < 1.29 is 19.1 Å². The van der Waals surface area contributed by atoms with Crippen LogP contribution in [0.25, 0.3) is 0 Å². The Morgan fingerprint density at radius 2 is 1.88 bits per heavy atom. The zero-order valence-corrected chi connectivity index (χ0v) is 8.97. The van der Waals surface area contributed by atoms with Crippen LogP contribution >= 0.6 is 0 Å². The Morgan fingerprint density at radius 1 is 1.25 bits per heavy atom. The summed E-state index contributed by atoms with van der Waals surface area (Å²) in [5.74, 6) is 0.312. The lowest BCUT2D eigenvalue weighted by atomic mass is 10.2. The van der Waals surface area contributed by atoms with E-state index >= 15 is 0 Å². The van der Waals surface area contributed by atoms with Crippen molar-refractivity contribution >= 4 is 17.7 Å². The summed E-state index contributed by atoms with van der Waals surface area (Å²) in [6.07, 6.45) is -1.35. The van der Waals surface area contributed by atoms with Crippen molar-refractivity contribution in [3.05, 3.63) is 24.3 Å². The highest BCUT2D eigenvalue weighted by atomic mass is 16.6. The number of cyclic esters (lactones) is 1. The van der Waals surface area contributed by atoms with Gasteiger partial charge in [0, 0.05) is 0 Å². The van der Waals surface area contributed by atoms with Gasteiger partial charge in [-0.15, -0.1) is 0 Å². The molecule has 1 aromatic carbocycles. The number of ether oxygens (including phenoxy) is 2. The number of nitrogens with zero attached hydrogens (tertiary/aromatic N) is 1. The number of imide groups is 1. The maximum absolute atomic E-state index is 11.6. The third-order valence-corrected chi connectivity index (χ3v) is 2.36. The van der Waals surface area contributed by atoms with Gasteiger partial charge < -0.3 is 9.47 Å². The van der Waals surface area contributed by atoms with Gasteiger partial charge in [-0.2, -0.15) is 0 Å². The molecule has 1 aromatic rings. The summed E-state index contributed by atoms with van der Waals surface area (Å²) >= 11 is 0. The molecule has 0 aliphatic carbocycles. The van der Waals surface area contributed by atoms with Gasteiger partial charge in [-0.05, 0) is 31.2 Å². The Labute approximate surface area is 92.6 Å². The Balaban J connectivity index is 2.30. The SMILES string of the molecule is COc1ccc(N2C(=O)O[C@@H](C)C2=O)cc1. The highest BCUT2D eigenvalue weighted by Crippen LogP contribution is 2.24. The number of amides is 2. The molecular formula is C11H11NO4. The molecule has 5 heteroatoms. The average molecular weight is 221 g/mol. The van der Waals surface area contributed by atoms with Gasteiger partial charge in [-0.25, -0.2) is 9.69 Å². The number of hydrogen-bond donors (Lipinski definition) is 0. The van der Waals surface area contributed by atoms with E-state index in [0.29, 0.717) is 11.4 Å². The molecule has 1 fully saturated rings. The molecule has 1 aliphatic heterocycles. The van der Waals surface area contributed by atoms with Crippen molar-refractivity contribution in [2.45, 2.75) is 13.0 Å². The van der Waals surface area contributed by atoms with Crippen molar-refractivity contribution in [3.8, 4) is 5.75 Å². The van der Waals surface area contributed by atoms with Crippen LogP contribution in [-0.4, -0.2) is 25.2 Å². The van der Waals surface area contributed by atoms with E-state index in [0.717, 1.165) is 4.90 Å². The zero-order chi connectivity index (χ0) is 11.7. The van der Waals surface area contributed by atoms with Gasteiger partial charge >= 0.3 is 6.09 Å². The number of benzene rings is 1. The Hall–Kier alpha value is -2.04. The summed E-state index contributed by atoms with van der Waals surface area (Å²) < 4.78 is 9.79. The zero-order valence-electron chi connectivity index (χ0n) is 8.97. The van der Waals surface area contributed by atoms with Gasteiger partial charge in [-0.1, -0.05) is 0 Å². The predicted molar refractivity (Wildman–Crippen MR) is 56.4 cm³/mol. The van der Waals surface area contributed by atoms with Crippen LogP contribution in [0, 0.1) is 0 Å². The molecule has 0 N–H and O–H groups in total. The molecule has 0 radical (unpaired) electrons. The van der Waals surface area contributed by atoms with E-state index < -0.39 is 12.2 Å². The molecule has 5 nitrogen and oxygen atoms in total. The second-order valence-electron chi connectivity index (χ2n) is 3.40. The fraction of sp³-hybridized carbons (Fsp3) is 0.273. The quantitative estimate of drug-likeness (QED) is 0.760. The summed E-state index contributed by atoms with van der Waals surface area (Å²) in [6, 6.07) is 6.63. The van der Waals surface area contributed by atoms with Crippen LogP contribution in [0.5, 0.6) is 5.75 Å². The standard InChI is InChI=1S/C11H11NO4/c1-7-10(13)12(11(14)16-7)8-3-5-9(15-2)6-4-8/h3-7H,1-2H3/t7-/m0/s1. The summed E-state index contributed by atoms with van der Waals surface area (Å²) in [4.78, 5) is 24.0. The molecule has 0 spiro atoms. The van der Waals surface area contributed by atoms with Gasteiger partial charge in [0.1, 0.15) is 5.75 Å². The maximum atomic E-state index is 11.6. The third kappa shape index (κ3) is 1.60. The smallest absolute Gasteiger partial charge is 0.422 e. The van der Waals surface area contributed by atoms with Crippen LogP contribution in [-0.2, 0) is 9.53 Å². The minimum absolute atomic E-state index is 0.352. The van der Waals surface area contributed by atoms with Crippen LogP contribution in [0.15, 0.2) is 24.3 Å². The highest BCUT2D eigenvalue weighted by Gasteiger charge is 2.38. The van der Waals surface area contributed by atoms with Crippen LogP contribution in [0.4, 0.5) is 10.5 Å². The van der Waals surface area contributed by atoms with Gasteiger partial charge in [0.15, 0.2) is 6.10 Å². The van der Waals surface area contributed by atoms with Gasteiger partial charge in [-0.3, -0.25) is 4.79 Å². The number of carbonyl (C=O) groups excluding carboxylic acids is 2. The molecule has 1 aliphatic rings. The molecule has 16 heavy (non-hydrogen) atoms. The number of anilines is 1. The molecule has 2 amide bonds. The molecule has 2 rings (SSSR count). The average Bonchev–Trinajstić information content (AvgIpc) is 2.54. The third-order valence-electron chi connectivity index (χ3n) is 2.36. The van der Waals surface area contributed by atoms with Crippen LogP contribution < -0.4 is 9.64 Å². The second kappa shape index (κ2) is 3.84. The van der Waals surface area contributed by atoms with E-state index in [1.807, 2.05) is 0 Å². The van der Waals surface area contributed by atoms with E-state index in [1.54, 1.807) is 38.3 Å². The molecule has 1 heterocycles. The molecule has 0 unspecified atom stereocenters. The molecule has 1 atom stereocenters. The van der Waals surface area contributed by atoms with Crippen molar-refractivity contribution in [1.82, 2.24) is 0 Å². The second-order valence-corrected chi connectivity index (χ2v) is 3.40. The normalized spacial score (nSPS) is 19.9. The van der Waals surface area contributed by atoms with Gasteiger partial charge in [0.25, 0.3) is 5.91 Å². The van der Waals surface area contributed by atoms with Crippen LogP contribution in [0.2, 0.25) is 0 Å². The Bertz CT molecular complexity index is 426. The Morgan fingerprint density at radius 3 is 2.31 bits per heavy atom. The van der Waals surface area contributed by atoms with E-state index in [1.165, 1.54) is 0 Å². The van der Waals surface area contributed by atoms with Gasteiger partial charge in [0.05, 0.1) is 12.8 Å². The monoisotopic (exact) mass is 221 g/mol. The lowest BCUT2D eigenvalue weighted by Gasteiger charge is -2.11. The summed E-state index contributed by atoms with van der Waals surface area (Å²) in [5.41, 5.74) is 0.486. The number of rotatable bonds is 2. The van der Waals surface area contributed by atoms with E-state index in [4.69, 9.17) is 9.47 Å². The Kier molecular flexibility index (Phi) is 2.52. The van der Waals surface area contributed by atoms with Crippen LogP contribution in [0.3, 0.4) is 0 Å². The molecule has 0 aromatic heterocycles. The largest absolute Gasteiger partial charge is 0.497 e. The topological polar surface area (TPSA) is 55.8 Å². The molecule has 84 valence electrons. The first kappa shape index (κ1) is 10.5. The molecule has 0 saturated carbocycles. The lowest BCUT2D eigenvalue weighted by Crippen LogP contribution is -2.30. The summed E-state index contributed by atoms with van der Waals surface area (Å²) in [6.45, 7) is 1.55. The van der Waals surface area contributed by atoms with Crippen molar-refractivity contribution in [2.75, 3.05) is 12.0 Å². The number of methoxy groups -OCH3 is 1. The summed E-state index contributed by atoms with van der Waals surface area (Å²) in [7, 11) is 1.55. The van der Waals surface area contributed by atoms with Gasteiger partial charge in [0.2, 0.25) is 0 Å². The first-order valence-corrected chi connectivity index (χ1v) is 4.82. The van der Waals surface area contributed by atoms with E-state index in [9.17, 15) is 9.59 Å². The minimum Gasteiger partial charge on any atom is -0.497 e.